The molecule has 2 aliphatic rings. The van der Waals surface area contributed by atoms with E-state index < -0.39 is 0 Å². The highest BCUT2D eigenvalue weighted by molar-refractivity contribution is 5.79. The van der Waals surface area contributed by atoms with E-state index in [0.717, 1.165) is 24.9 Å². The summed E-state index contributed by atoms with van der Waals surface area (Å²) < 4.78 is 5.78. The zero-order valence-corrected chi connectivity index (χ0v) is 16.7. The molecule has 6 nitrogen and oxygen atoms in total. The number of fused-ring (bicyclic) bond motifs is 1. The third-order valence-corrected chi connectivity index (χ3v) is 6.36. The fourth-order valence-corrected chi connectivity index (χ4v) is 4.57. The molecule has 0 radical (unpaired) electrons. The Kier molecular flexibility index (Phi) is 4.96. The van der Waals surface area contributed by atoms with Crippen LogP contribution in [0, 0.1) is 18.8 Å². The number of likely N-dealkylation sites (N-methyl/N-ethyl adjacent to an activating group) is 1. The summed E-state index contributed by atoms with van der Waals surface area (Å²) in [6, 6.07) is 9.92. The fourth-order valence-electron chi connectivity index (χ4n) is 4.57. The van der Waals surface area contributed by atoms with Crippen molar-refractivity contribution >= 4 is 11.8 Å². The van der Waals surface area contributed by atoms with E-state index in [4.69, 9.17) is 4.42 Å². The van der Waals surface area contributed by atoms with Crippen LogP contribution in [0.25, 0.3) is 11.5 Å². The predicted molar refractivity (Wildman–Crippen MR) is 105 cm³/mol. The lowest BCUT2D eigenvalue weighted by atomic mass is 9.88. The topological polar surface area (TPSA) is 66.7 Å². The molecule has 1 aromatic carbocycles. The first kappa shape index (κ1) is 18.7. The van der Waals surface area contributed by atoms with E-state index in [1.165, 1.54) is 0 Å². The molecular weight excluding hydrogens is 354 g/mol. The average Bonchev–Trinajstić information content (AvgIpc) is 3.25. The number of piperidine rings is 1. The number of amides is 2. The lowest BCUT2D eigenvalue weighted by molar-refractivity contribution is -0.135. The van der Waals surface area contributed by atoms with Gasteiger partial charge in [0, 0.05) is 38.7 Å². The van der Waals surface area contributed by atoms with Gasteiger partial charge in [-0.15, -0.1) is 0 Å². The van der Waals surface area contributed by atoms with Crippen molar-refractivity contribution in [1.29, 1.82) is 0 Å². The molecule has 2 amide bonds. The lowest BCUT2D eigenvalue weighted by Crippen LogP contribution is -2.40. The third kappa shape index (κ3) is 3.55. The molecule has 2 aromatic rings. The standard InChI is InChI=1S/C22H27N3O3/c1-14-19(23-22(28-14)15-7-5-4-6-8-15)12-21(27)25(3)18-9-16-11-20(26)24(2)13-17(16)10-18/h4-8,16-18H,9-13H2,1-3H3/t16-,17+,18-/m0/s1. The molecule has 0 N–H and O–H groups in total. The molecule has 148 valence electrons. The van der Waals surface area contributed by atoms with Crippen molar-refractivity contribution in [2.75, 3.05) is 20.6 Å². The third-order valence-electron chi connectivity index (χ3n) is 6.36. The van der Waals surface area contributed by atoms with Gasteiger partial charge in [0.15, 0.2) is 0 Å². The monoisotopic (exact) mass is 381 g/mol. The summed E-state index contributed by atoms with van der Waals surface area (Å²) in [6.45, 7) is 2.67. The first-order chi connectivity index (χ1) is 13.4. The summed E-state index contributed by atoms with van der Waals surface area (Å²) in [5.74, 6) is 2.43. The van der Waals surface area contributed by atoms with Crippen LogP contribution in [-0.4, -0.2) is 53.3 Å². The Hall–Kier alpha value is -2.63. The fraction of sp³-hybridized carbons (Fsp3) is 0.500. The van der Waals surface area contributed by atoms with Crippen LogP contribution in [-0.2, 0) is 16.0 Å². The first-order valence-corrected chi connectivity index (χ1v) is 9.93. The summed E-state index contributed by atoms with van der Waals surface area (Å²) in [7, 11) is 3.75. The molecule has 6 heteroatoms. The molecule has 1 aliphatic heterocycles. The van der Waals surface area contributed by atoms with Gasteiger partial charge in [-0.25, -0.2) is 4.98 Å². The van der Waals surface area contributed by atoms with Crippen molar-refractivity contribution in [3.05, 3.63) is 41.8 Å². The minimum atomic E-state index is 0.0549. The van der Waals surface area contributed by atoms with Crippen LogP contribution >= 0.6 is 0 Å². The van der Waals surface area contributed by atoms with Gasteiger partial charge in [-0.3, -0.25) is 9.59 Å². The summed E-state index contributed by atoms with van der Waals surface area (Å²) in [5, 5.41) is 0. The molecule has 0 bridgehead atoms. The number of aromatic nitrogens is 1. The number of carbonyl (C=O) groups is 2. The minimum Gasteiger partial charge on any atom is -0.441 e. The normalized spacial score (nSPS) is 24.3. The minimum absolute atomic E-state index is 0.0549. The maximum atomic E-state index is 12.9. The Balaban J connectivity index is 1.42. The van der Waals surface area contributed by atoms with E-state index >= 15 is 0 Å². The van der Waals surface area contributed by atoms with E-state index in [9.17, 15) is 9.59 Å². The molecule has 28 heavy (non-hydrogen) atoms. The van der Waals surface area contributed by atoms with Gasteiger partial charge in [0.25, 0.3) is 0 Å². The average molecular weight is 381 g/mol. The zero-order valence-electron chi connectivity index (χ0n) is 16.7. The van der Waals surface area contributed by atoms with Crippen LogP contribution in [0.5, 0.6) is 0 Å². The molecule has 3 atom stereocenters. The molecule has 0 spiro atoms. The summed E-state index contributed by atoms with van der Waals surface area (Å²) in [4.78, 5) is 33.1. The molecule has 4 rings (SSSR count). The van der Waals surface area contributed by atoms with Crippen molar-refractivity contribution in [3.8, 4) is 11.5 Å². The highest BCUT2D eigenvalue weighted by Crippen LogP contribution is 2.40. The van der Waals surface area contributed by atoms with Gasteiger partial charge in [0.05, 0.1) is 12.1 Å². The Bertz CT molecular complexity index is 876. The maximum Gasteiger partial charge on any atom is 0.228 e. The molecule has 1 saturated heterocycles. The number of rotatable bonds is 4. The van der Waals surface area contributed by atoms with Gasteiger partial charge >= 0.3 is 0 Å². The summed E-state index contributed by atoms with van der Waals surface area (Å²) in [6.07, 6.45) is 2.74. The Labute approximate surface area is 165 Å². The van der Waals surface area contributed by atoms with Crippen LogP contribution in [0.1, 0.15) is 30.7 Å². The Morgan fingerprint density at radius 1 is 1.25 bits per heavy atom. The second-order valence-electron chi connectivity index (χ2n) is 8.19. The van der Waals surface area contributed by atoms with Gasteiger partial charge in [-0.2, -0.15) is 0 Å². The van der Waals surface area contributed by atoms with Crippen LogP contribution in [0.2, 0.25) is 0 Å². The molecule has 2 heterocycles. The Morgan fingerprint density at radius 2 is 1.96 bits per heavy atom. The zero-order chi connectivity index (χ0) is 19.8. The number of benzene rings is 1. The van der Waals surface area contributed by atoms with Gasteiger partial charge < -0.3 is 14.2 Å². The second kappa shape index (κ2) is 7.41. The number of nitrogens with zero attached hydrogens (tertiary/aromatic N) is 3. The molecule has 0 unspecified atom stereocenters. The number of hydrogen-bond donors (Lipinski definition) is 0. The molecule has 1 aliphatic carbocycles. The summed E-state index contributed by atoms with van der Waals surface area (Å²) >= 11 is 0. The van der Waals surface area contributed by atoms with Gasteiger partial charge in [-0.1, -0.05) is 18.2 Å². The van der Waals surface area contributed by atoms with Crippen molar-refractivity contribution in [2.45, 2.75) is 38.6 Å². The lowest BCUT2D eigenvalue weighted by Gasteiger charge is -2.31. The molecular formula is C22H27N3O3. The highest BCUT2D eigenvalue weighted by atomic mass is 16.4. The van der Waals surface area contributed by atoms with Crippen LogP contribution in [0.4, 0.5) is 0 Å². The number of hydrogen-bond acceptors (Lipinski definition) is 4. The van der Waals surface area contributed by atoms with Crippen molar-refractivity contribution in [1.82, 2.24) is 14.8 Å². The number of carbonyl (C=O) groups excluding carboxylic acids is 2. The van der Waals surface area contributed by atoms with Crippen LogP contribution < -0.4 is 0 Å². The van der Waals surface area contributed by atoms with E-state index in [1.54, 1.807) is 0 Å². The summed E-state index contributed by atoms with van der Waals surface area (Å²) in [5.41, 5.74) is 1.60. The van der Waals surface area contributed by atoms with Gasteiger partial charge in [0.1, 0.15) is 5.76 Å². The van der Waals surface area contributed by atoms with Crippen molar-refractivity contribution < 1.29 is 14.0 Å². The number of aryl methyl sites for hydroxylation is 1. The van der Waals surface area contributed by atoms with Crippen LogP contribution in [0.15, 0.2) is 34.7 Å². The van der Waals surface area contributed by atoms with Gasteiger partial charge in [0.2, 0.25) is 17.7 Å². The largest absolute Gasteiger partial charge is 0.441 e. The maximum absolute atomic E-state index is 12.9. The molecule has 1 saturated carbocycles. The van der Waals surface area contributed by atoms with Crippen LogP contribution in [0.3, 0.4) is 0 Å². The Morgan fingerprint density at radius 3 is 2.71 bits per heavy atom. The quantitative estimate of drug-likeness (QED) is 0.817. The molecule has 2 fully saturated rings. The van der Waals surface area contributed by atoms with Crippen molar-refractivity contribution in [3.63, 3.8) is 0 Å². The number of oxazole rings is 1. The van der Waals surface area contributed by atoms with E-state index in [-0.39, 0.29) is 24.3 Å². The second-order valence-corrected chi connectivity index (χ2v) is 8.19. The predicted octanol–water partition coefficient (Wildman–Crippen LogP) is 2.91. The van der Waals surface area contributed by atoms with E-state index in [1.807, 2.05) is 61.2 Å². The first-order valence-electron chi connectivity index (χ1n) is 9.93. The number of likely N-dealkylation sites (tertiary alicyclic amines) is 1. The van der Waals surface area contributed by atoms with E-state index in [0.29, 0.717) is 35.6 Å². The van der Waals surface area contributed by atoms with Gasteiger partial charge in [-0.05, 0) is 43.7 Å². The molecule has 1 aromatic heterocycles. The van der Waals surface area contributed by atoms with Crippen molar-refractivity contribution in [2.24, 2.45) is 11.8 Å². The smallest absolute Gasteiger partial charge is 0.228 e. The van der Waals surface area contributed by atoms with E-state index in [2.05, 4.69) is 4.98 Å². The highest BCUT2D eigenvalue weighted by Gasteiger charge is 2.42. The SMILES string of the molecule is Cc1oc(-c2ccccc2)nc1CC(=O)N(C)[C@H]1C[C@H]2CC(=O)N(C)C[C@H]2C1.